The van der Waals surface area contributed by atoms with E-state index in [0.29, 0.717) is 11.5 Å². The van der Waals surface area contributed by atoms with Gasteiger partial charge in [0.1, 0.15) is 0 Å². The highest BCUT2D eigenvalue weighted by Gasteiger charge is 2.15. The number of pyridine rings is 1. The van der Waals surface area contributed by atoms with Crippen molar-refractivity contribution in [3.8, 4) is 5.82 Å². The van der Waals surface area contributed by atoms with E-state index in [1.807, 2.05) is 39.0 Å². The largest absolute Gasteiger partial charge is 0.452 e. The number of amides is 1. The fourth-order valence-corrected chi connectivity index (χ4v) is 3.85. The maximum Gasteiger partial charge on any atom is 0.340 e. The van der Waals surface area contributed by atoms with Crippen LogP contribution in [0.15, 0.2) is 42.6 Å². The Hall–Kier alpha value is -3.68. The van der Waals surface area contributed by atoms with Gasteiger partial charge < -0.3 is 15.0 Å². The predicted molar refractivity (Wildman–Crippen MR) is 122 cm³/mol. The van der Waals surface area contributed by atoms with Gasteiger partial charge in [-0.1, -0.05) is 0 Å². The number of hydrogen-bond acceptors (Lipinski definition) is 6. The Kier molecular flexibility index (Phi) is 6.20. The second-order valence-electron chi connectivity index (χ2n) is 8.06. The standard InChI is InChI=1S/C24H27N5O3/c1-16-12-20(28-10-4-5-11-28)7-8-21(16)26-23(30)15-32-24(31)19-6-9-22(25-14-19)29-18(3)13-17(2)27-29/h6-9,12-14H,4-5,10-11,15H2,1-3H3,(H,26,30). The molecule has 0 aliphatic carbocycles. The molecule has 166 valence electrons. The molecule has 0 unspecified atom stereocenters. The molecule has 0 saturated carbocycles. The number of carbonyl (C=O) groups is 2. The van der Waals surface area contributed by atoms with Crippen molar-refractivity contribution in [2.45, 2.75) is 33.6 Å². The monoisotopic (exact) mass is 433 g/mol. The first kappa shape index (κ1) is 21.5. The summed E-state index contributed by atoms with van der Waals surface area (Å²) in [5.41, 5.74) is 4.96. The summed E-state index contributed by atoms with van der Waals surface area (Å²) < 4.78 is 6.86. The smallest absolute Gasteiger partial charge is 0.340 e. The van der Waals surface area contributed by atoms with Gasteiger partial charge in [-0.15, -0.1) is 0 Å². The molecule has 1 amide bonds. The molecular formula is C24H27N5O3. The van der Waals surface area contributed by atoms with Crippen molar-refractivity contribution < 1.29 is 14.3 Å². The number of aromatic nitrogens is 3. The number of esters is 1. The first-order chi connectivity index (χ1) is 15.4. The Morgan fingerprint density at radius 1 is 1.06 bits per heavy atom. The molecule has 1 N–H and O–H groups in total. The molecule has 1 aromatic carbocycles. The summed E-state index contributed by atoms with van der Waals surface area (Å²) in [4.78, 5) is 31.2. The summed E-state index contributed by atoms with van der Waals surface area (Å²) in [6.45, 7) is 7.56. The molecule has 32 heavy (non-hydrogen) atoms. The van der Waals surface area contributed by atoms with Gasteiger partial charge in [-0.25, -0.2) is 14.5 Å². The molecule has 0 atom stereocenters. The van der Waals surface area contributed by atoms with Crippen molar-refractivity contribution in [2.75, 3.05) is 29.9 Å². The first-order valence-corrected chi connectivity index (χ1v) is 10.7. The van der Waals surface area contributed by atoms with Crippen LogP contribution in [0.3, 0.4) is 0 Å². The SMILES string of the molecule is Cc1cc(C)n(-c2ccc(C(=O)OCC(=O)Nc3ccc(N4CCCC4)cc3C)cn2)n1. The van der Waals surface area contributed by atoms with Crippen LogP contribution in [0.2, 0.25) is 0 Å². The number of aryl methyl sites for hydroxylation is 3. The number of ether oxygens (including phenoxy) is 1. The highest BCUT2D eigenvalue weighted by Crippen LogP contribution is 2.25. The maximum absolute atomic E-state index is 12.3. The van der Waals surface area contributed by atoms with E-state index in [1.165, 1.54) is 24.7 Å². The number of rotatable bonds is 6. The zero-order valence-electron chi connectivity index (χ0n) is 18.6. The lowest BCUT2D eigenvalue weighted by molar-refractivity contribution is -0.119. The molecule has 0 spiro atoms. The lowest BCUT2D eigenvalue weighted by atomic mass is 10.1. The Balaban J connectivity index is 1.32. The van der Waals surface area contributed by atoms with Crippen LogP contribution in [0.1, 0.15) is 40.2 Å². The first-order valence-electron chi connectivity index (χ1n) is 10.7. The second kappa shape index (κ2) is 9.21. The van der Waals surface area contributed by atoms with Gasteiger partial charge in [0.15, 0.2) is 12.4 Å². The van der Waals surface area contributed by atoms with E-state index < -0.39 is 5.97 Å². The fraction of sp³-hybridized carbons (Fsp3) is 0.333. The lowest BCUT2D eigenvalue weighted by Crippen LogP contribution is -2.22. The van der Waals surface area contributed by atoms with Crippen molar-refractivity contribution in [1.29, 1.82) is 0 Å². The van der Waals surface area contributed by atoms with Crippen LogP contribution in [0.25, 0.3) is 5.82 Å². The van der Waals surface area contributed by atoms with Gasteiger partial charge in [0.05, 0.1) is 11.3 Å². The number of hydrogen-bond donors (Lipinski definition) is 1. The van der Waals surface area contributed by atoms with Gasteiger partial charge in [-0.2, -0.15) is 5.10 Å². The molecule has 8 heteroatoms. The van der Waals surface area contributed by atoms with Crippen LogP contribution in [0.4, 0.5) is 11.4 Å². The van der Waals surface area contributed by atoms with Gasteiger partial charge in [-0.3, -0.25) is 4.79 Å². The van der Waals surface area contributed by atoms with Gasteiger partial charge in [-0.05, 0) is 75.6 Å². The molecule has 0 radical (unpaired) electrons. The third-order valence-electron chi connectivity index (χ3n) is 5.50. The minimum Gasteiger partial charge on any atom is -0.452 e. The number of nitrogens with zero attached hydrogens (tertiary/aromatic N) is 4. The summed E-state index contributed by atoms with van der Waals surface area (Å²) in [6, 6.07) is 11.2. The minimum atomic E-state index is -0.603. The Labute approximate surface area is 187 Å². The molecule has 1 saturated heterocycles. The minimum absolute atomic E-state index is 0.272. The summed E-state index contributed by atoms with van der Waals surface area (Å²) in [5, 5.41) is 7.18. The van der Waals surface area contributed by atoms with Crippen LogP contribution >= 0.6 is 0 Å². The van der Waals surface area contributed by atoms with Crippen LogP contribution < -0.4 is 10.2 Å². The van der Waals surface area contributed by atoms with E-state index in [-0.39, 0.29) is 18.1 Å². The van der Waals surface area contributed by atoms with Gasteiger partial charge >= 0.3 is 5.97 Å². The summed E-state index contributed by atoms with van der Waals surface area (Å²) in [6.07, 6.45) is 3.85. The average Bonchev–Trinajstić information content (AvgIpc) is 3.43. The van der Waals surface area contributed by atoms with Gasteiger partial charge in [0, 0.05) is 36.4 Å². The van der Waals surface area contributed by atoms with Crippen molar-refractivity contribution in [3.63, 3.8) is 0 Å². The maximum atomic E-state index is 12.3. The van der Waals surface area contributed by atoms with Gasteiger partial charge in [0.25, 0.3) is 5.91 Å². The zero-order chi connectivity index (χ0) is 22.7. The van der Waals surface area contributed by atoms with Crippen molar-refractivity contribution in [2.24, 2.45) is 0 Å². The molecule has 8 nitrogen and oxygen atoms in total. The van der Waals surface area contributed by atoms with Gasteiger partial charge in [0.2, 0.25) is 0 Å². The number of benzene rings is 1. The molecule has 1 aliphatic rings. The Morgan fingerprint density at radius 3 is 2.47 bits per heavy atom. The molecule has 2 aromatic heterocycles. The van der Waals surface area contributed by atoms with E-state index in [1.54, 1.807) is 16.8 Å². The highest BCUT2D eigenvalue weighted by atomic mass is 16.5. The summed E-state index contributed by atoms with van der Waals surface area (Å²) >= 11 is 0. The molecule has 3 heterocycles. The van der Waals surface area contributed by atoms with Crippen molar-refractivity contribution in [1.82, 2.24) is 14.8 Å². The molecule has 0 bridgehead atoms. The van der Waals surface area contributed by atoms with E-state index in [4.69, 9.17) is 4.74 Å². The van der Waals surface area contributed by atoms with Crippen molar-refractivity contribution in [3.05, 3.63) is 65.1 Å². The van der Waals surface area contributed by atoms with E-state index in [9.17, 15) is 9.59 Å². The molecule has 3 aromatic rings. The number of carbonyl (C=O) groups excluding carboxylic acids is 2. The van der Waals surface area contributed by atoms with E-state index in [0.717, 1.165) is 30.0 Å². The van der Waals surface area contributed by atoms with E-state index in [2.05, 4.69) is 26.4 Å². The zero-order valence-corrected chi connectivity index (χ0v) is 18.6. The number of anilines is 2. The van der Waals surface area contributed by atoms with Crippen LogP contribution in [0.5, 0.6) is 0 Å². The average molecular weight is 434 g/mol. The third-order valence-corrected chi connectivity index (χ3v) is 5.50. The van der Waals surface area contributed by atoms with E-state index >= 15 is 0 Å². The second-order valence-corrected chi connectivity index (χ2v) is 8.06. The Bertz CT molecular complexity index is 1130. The van der Waals surface area contributed by atoms with Crippen LogP contribution in [-0.2, 0) is 9.53 Å². The summed E-state index contributed by atoms with van der Waals surface area (Å²) in [5.74, 6) is -0.381. The molecule has 1 aliphatic heterocycles. The fourth-order valence-electron chi connectivity index (χ4n) is 3.85. The van der Waals surface area contributed by atoms with Crippen molar-refractivity contribution >= 4 is 23.3 Å². The lowest BCUT2D eigenvalue weighted by Gasteiger charge is -2.19. The molecule has 1 fully saturated rings. The quantitative estimate of drug-likeness (QED) is 0.598. The normalized spacial score (nSPS) is 13.3. The molecule has 4 rings (SSSR count). The topological polar surface area (TPSA) is 89.4 Å². The Morgan fingerprint density at radius 2 is 1.84 bits per heavy atom. The highest BCUT2D eigenvalue weighted by molar-refractivity contribution is 5.96. The van der Waals surface area contributed by atoms with Crippen LogP contribution in [0, 0.1) is 20.8 Å². The number of nitrogens with one attached hydrogen (secondary N) is 1. The summed E-state index contributed by atoms with van der Waals surface area (Å²) in [7, 11) is 0. The third kappa shape index (κ3) is 4.80. The van der Waals surface area contributed by atoms with Crippen LogP contribution in [-0.4, -0.2) is 46.3 Å². The molecular weight excluding hydrogens is 406 g/mol. The predicted octanol–water partition coefficient (Wildman–Crippen LogP) is 3.59.